The molecule has 0 saturated heterocycles. The summed E-state index contributed by atoms with van der Waals surface area (Å²) in [6.45, 7) is 3.28. The van der Waals surface area contributed by atoms with E-state index in [4.69, 9.17) is 17.2 Å². The minimum Gasteiger partial charge on any atom is -0.480 e. The van der Waals surface area contributed by atoms with Gasteiger partial charge in [0.05, 0.1) is 12.6 Å². The van der Waals surface area contributed by atoms with Crippen LogP contribution in [0.2, 0.25) is 0 Å². The van der Waals surface area contributed by atoms with Crippen LogP contribution in [0, 0.1) is 5.92 Å². The van der Waals surface area contributed by atoms with Gasteiger partial charge in [-0.1, -0.05) is 13.8 Å². The number of nitrogens with one attached hydrogen (secondary N) is 3. The molecule has 3 atom stereocenters. The van der Waals surface area contributed by atoms with Crippen molar-refractivity contribution in [1.29, 1.82) is 0 Å². The standard InChI is InChI=1S/C18H34N6O6/c1-10(2)15(18(29)30)24-17(28)12(5-3-4-8-19)23-14(26)9-22-16(27)11(20)6-7-13(21)25/h10-12,15H,3-9,19-20H2,1-2H3,(H2,21,25)(H,22,27)(H,23,26)(H,24,28)(H,29,30). The summed E-state index contributed by atoms with van der Waals surface area (Å²) in [7, 11) is 0. The quantitative estimate of drug-likeness (QED) is 0.138. The summed E-state index contributed by atoms with van der Waals surface area (Å²) in [4.78, 5) is 58.6. The fourth-order valence-corrected chi connectivity index (χ4v) is 2.50. The van der Waals surface area contributed by atoms with Gasteiger partial charge in [0.2, 0.25) is 23.6 Å². The van der Waals surface area contributed by atoms with Crippen LogP contribution in [-0.2, 0) is 24.0 Å². The van der Waals surface area contributed by atoms with Crippen molar-refractivity contribution in [3.63, 3.8) is 0 Å². The molecule has 0 aromatic heterocycles. The molecule has 0 aromatic carbocycles. The van der Waals surface area contributed by atoms with Crippen molar-refractivity contribution < 1.29 is 29.1 Å². The van der Waals surface area contributed by atoms with Crippen LogP contribution in [-0.4, -0.2) is 65.9 Å². The minimum atomic E-state index is -1.18. The Kier molecular flexibility index (Phi) is 13.0. The SMILES string of the molecule is CC(C)C(NC(=O)C(CCCCN)NC(=O)CNC(=O)C(N)CCC(N)=O)C(=O)O. The predicted octanol–water partition coefficient (Wildman–Crippen LogP) is -2.47. The van der Waals surface area contributed by atoms with Crippen LogP contribution in [0.15, 0.2) is 0 Å². The molecule has 0 aliphatic rings. The van der Waals surface area contributed by atoms with Crippen LogP contribution in [0.25, 0.3) is 0 Å². The van der Waals surface area contributed by atoms with Gasteiger partial charge in [-0.25, -0.2) is 4.79 Å². The Balaban J connectivity index is 4.84. The lowest BCUT2D eigenvalue weighted by Crippen LogP contribution is -2.54. The average Bonchev–Trinajstić information content (AvgIpc) is 2.66. The average molecular weight is 431 g/mol. The number of amides is 4. The maximum atomic E-state index is 12.5. The second kappa shape index (κ2) is 14.3. The Morgan fingerprint density at radius 3 is 2.10 bits per heavy atom. The number of unbranched alkanes of at least 4 members (excludes halogenated alkanes) is 1. The van der Waals surface area contributed by atoms with Crippen molar-refractivity contribution in [2.24, 2.45) is 23.1 Å². The molecule has 0 heterocycles. The van der Waals surface area contributed by atoms with Crippen LogP contribution in [0.4, 0.5) is 0 Å². The smallest absolute Gasteiger partial charge is 0.326 e. The molecule has 0 aliphatic carbocycles. The molecule has 0 aliphatic heterocycles. The number of primary amides is 1. The Labute approximate surface area is 175 Å². The van der Waals surface area contributed by atoms with E-state index in [2.05, 4.69) is 16.0 Å². The first kappa shape index (κ1) is 27.3. The topological polar surface area (TPSA) is 220 Å². The first-order chi connectivity index (χ1) is 14.0. The van der Waals surface area contributed by atoms with Gasteiger partial charge in [-0.05, 0) is 38.1 Å². The van der Waals surface area contributed by atoms with Gasteiger partial charge in [0.15, 0.2) is 0 Å². The van der Waals surface area contributed by atoms with Crippen LogP contribution >= 0.6 is 0 Å². The molecule has 0 rings (SSSR count). The fourth-order valence-electron chi connectivity index (χ4n) is 2.50. The number of aliphatic carboxylic acids is 1. The molecule has 10 N–H and O–H groups in total. The third-order valence-electron chi connectivity index (χ3n) is 4.29. The number of carboxylic acids is 1. The molecule has 12 heteroatoms. The zero-order chi connectivity index (χ0) is 23.3. The van der Waals surface area contributed by atoms with E-state index >= 15 is 0 Å². The van der Waals surface area contributed by atoms with Crippen molar-refractivity contribution in [3.8, 4) is 0 Å². The van der Waals surface area contributed by atoms with E-state index in [9.17, 15) is 29.1 Å². The van der Waals surface area contributed by atoms with Gasteiger partial charge in [0, 0.05) is 6.42 Å². The second-order valence-electron chi connectivity index (χ2n) is 7.30. The molecule has 0 spiro atoms. The number of carbonyl (C=O) groups is 5. The van der Waals surface area contributed by atoms with Gasteiger partial charge in [0.25, 0.3) is 0 Å². The van der Waals surface area contributed by atoms with E-state index in [1.54, 1.807) is 13.8 Å². The van der Waals surface area contributed by atoms with Gasteiger partial charge in [-0.15, -0.1) is 0 Å². The second-order valence-corrected chi connectivity index (χ2v) is 7.30. The molecule has 0 aromatic rings. The lowest BCUT2D eigenvalue weighted by molar-refractivity contribution is -0.143. The lowest BCUT2D eigenvalue weighted by atomic mass is 10.0. The molecule has 0 fully saturated rings. The number of rotatable bonds is 15. The van der Waals surface area contributed by atoms with Crippen LogP contribution in [0.1, 0.15) is 46.0 Å². The maximum absolute atomic E-state index is 12.5. The van der Waals surface area contributed by atoms with Crippen LogP contribution < -0.4 is 33.2 Å². The Morgan fingerprint density at radius 2 is 1.60 bits per heavy atom. The van der Waals surface area contributed by atoms with Crippen molar-refractivity contribution in [2.45, 2.75) is 64.1 Å². The minimum absolute atomic E-state index is 0.0404. The largest absolute Gasteiger partial charge is 0.480 e. The van der Waals surface area contributed by atoms with Crippen molar-refractivity contribution in [2.75, 3.05) is 13.1 Å². The number of hydrogen-bond donors (Lipinski definition) is 7. The van der Waals surface area contributed by atoms with Crippen LogP contribution in [0.3, 0.4) is 0 Å². The Morgan fingerprint density at radius 1 is 0.967 bits per heavy atom. The fraction of sp³-hybridized carbons (Fsp3) is 0.722. The summed E-state index contributed by atoms with van der Waals surface area (Å²) in [6, 6.07) is -3.09. The third kappa shape index (κ3) is 11.3. The van der Waals surface area contributed by atoms with E-state index in [1.165, 1.54) is 0 Å². The van der Waals surface area contributed by atoms with E-state index in [0.29, 0.717) is 19.4 Å². The van der Waals surface area contributed by atoms with Gasteiger partial charge < -0.3 is 38.3 Å². The van der Waals surface area contributed by atoms with E-state index in [-0.39, 0.29) is 25.2 Å². The highest BCUT2D eigenvalue weighted by molar-refractivity contribution is 5.92. The zero-order valence-electron chi connectivity index (χ0n) is 17.5. The van der Waals surface area contributed by atoms with E-state index < -0.39 is 54.3 Å². The summed E-state index contributed by atoms with van der Waals surface area (Å²) < 4.78 is 0. The van der Waals surface area contributed by atoms with Gasteiger partial charge in [-0.3, -0.25) is 19.2 Å². The number of nitrogens with two attached hydrogens (primary N) is 3. The van der Waals surface area contributed by atoms with Gasteiger partial charge in [-0.2, -0.15) is 0 Å². The van der Waals surface area contributed by atoms with E-state index in [1.807, 2.05) is 0 Å². The first-order valence-corrected chi connectivity index (χ1v) is 9.83. The molecular formula is C18H34N6O6. The van der Waals surface area contributed by atoms with Crippen molar-refractivity contribution in [1.82, 2.24) is 16.0 Å². The molecule has 4 amide bonds. The summed E-state index contributed by atoms with van der Waals surface area (Å²) in [6.07, 6.45) is 1.39. The highest BCUT2D eigenvalue weighted by atomic mass is 16.4. The van der Waals surface area contributed by atoms with Gasteiger partial charge >= 0.3 is 5.97 Å². The number of hydrogen-bond acceptors (Lipinski definition) is 7. The summed E-state index contributed by atoms with van der Waals surface area (Å²) in [5.74, 6) is -4.04. The molecule has 0 bridgehead atoms. The van der Waals surface area contributed by atoms with Crippen molar-refractivity contribution >= 4 is 29.6 Å². The molecule has 3 unspecified atom stereocenters. The summed E-state index contributed by atoms with van der Waals surface area (Å²) in [5, 5.41) is 16.5. The van der Waals surface area contributed by atoms with Gasteiger partial charge in [0.1, 0.15) is 12.1 Å². The summed E-state index contributed by atoms with van der Waals surface area (Å²) in [5.41, 5.74) is 16.1. The maximum Gasteiger partial charge on any atom is 0.326 e. The molecular weight excluding hydrogens is 396 g/mol. The van der Waals surface area contributed by atoms with Crippen LogP contribution in [0.5, 0.6) is 0 Å². The lowest BCUT2D eigenvalue weighted by Gasteiger charge is -2.23. The molecule has 172 valence electrons. The molecule has 30 heavy (non-hydrogen) atoms. The Hall–Kier alpha value is -2.73. The summed E-state index contributed by atoms with van der Waals surface area (Å²) >= 11 is 0. The van der Waals surface area contributed by atoms with E-state index in [0.717, 1.165) is 0 Å². The first-order valence-electron chi connectivity index (χ1n) is 9.83. The zero-order valence-corrected chi connectivity index (χ0v) is 17.5. The highest BCUT2D eigenvalue weighted by Gasteiger charge is 2.28. The molecule has 0 radical (unpaired) electrons. The predicted molar refractivity (Wildman–Crippen MR) is 109 cm³/mol. The molecule has 12 nitrogen and oxygen atoms in total. The normalized spacial score (nSPS) is 13.8. The number of carboxylic acid groups (broad SMARTS) is 1. The Bertz CT molecular complexity index is 612. The third-order valence-corrected chi connectivity index (χ3v) is 4.29. The number of carbonyl (C=O) groups excluding carboxylic acids is 4. The van der Waals surface area contributed by atoms with Crippen molar-refractivity contribution in [3.05, 3.63) is 0 Å². The highest BCUT2D eigenvalue weighted by Crippen LogP contribution is 2.06. The molecule has 0 saturated carbocycles. The monoisotopic (exact) mass is 430 g/mol.